The van der Waals surface area contributed by atoms with Gasteiger partial charge in [-0.3, -0.25) is 5.10 Å². The van der Waals surface area contributed by atoms with Gasteiger partial charge in [0, 0.05) is 25.3 Å². The summed E-state index contributed by atoms with van der Waals surface area (Å²) in [7, 11) is -3.38. The number of nitrogens with two attached hydrogens (primary N) is 1. The zero-order valence-corrected chi connectivity index (χ0v) is 10.2. The second kappa shape index (κ2) is 3.79. The highest BCUT2D eigenvalue weighted by Crippen LogP contribution is 2.37. The molecular weight excluding hydrogens is 240 g/mol. The van der Waals surface area contributed by atoms with Crippen LogP contribution >= 0.6 is 0 Å². The van der Waals surface area contributed by atoms with E-state index >= 15 is 0 Å². The summed E-state index contributed by atoms with van der Waals surface area (Å²) < 4.78 is 26.2. The number of aromatic nitrogens is 2. The normalized spacial score (nSPS) is 34.1. The maximum absolute atomic E-state index is 12.3. The average molecular weight is 256 g/mol. The van der Waals surface area contributed by atoms with E-state index in [0.29, 0.717) is 24.9 Å². The van der Waals surface area contributed by atoms with Crippen molar-refractivity contribution in [2.24, 2.45) is 17.6 Å². The molecule has 1 unspecified atom stereocenters. The Balaban J connectivity index is 1.87. The largest absolute Gasteiger partial charge is 0.327 e. The average Bonchev–Trinajstić information content (AvgIpc) is 2.86. The van der Waals surface area contributed by atoms with Crippen LogP contribution in [0.25, 0.3) is 0 Å². The fourth-order valence-electron chi connectivity index (χ4n) is 2.95. The third-order valence-electron chi connectivity index (χ3n) is 3.98. The van der Waals surface area contributed by atoms with Gasteiger partial charge in [0.25, 0.3) is 0 Å². The molecule has 17 heavy (non-hydrogen) atoms. The Labute approximate surface area is 100 Å². The summed E-state index contributed by atoms with van der Waals surface area (Å²) in [4.78, 5) is 0.243. The van der Waals surface area contributed by atoms with E-state index in [-0.39, 0.29) is 10.9 Å². The van der Waals surface area contributed by atoms with Crippen LogP contribution < -0.4 is 5.73 Å². The van der Waals surface area contributed by atoms with Gasteiger partial charge in [-0.25, -0.2) is 8.42 Å². The number of aromatic amines is 1. The van der Waals surface area contributed by atoms with E-state index in [0.717, 1.165) is 12.8 Å². The molecule has 3 N–H and O–H groups in total. The van der Waals surface area contributed by atoms with Crippen LogP contribution in [0.2, 0.25) is 0 Å². The summed E-state index contributed by atoms with van der Waals surface area (Å²) in [5.41, 5.74) is 6.07. The van der Waals surface area contributed by atoms with Crippen LogP contribution in [0.5, 0.6) is 0 Å². The zero-order chi connectivity index (χ0) is 12.0. The lowest BCUT2D eigenvalue weighted by Gasteiger charge is -2.34. The molecule has 0 amide bonds. The van der Waals surface area contributed by atoms with E-state index in [9.17, 15) is 8.42 Å². The molecule has 2 aliphatic rings. The number of hydrogen-bond donors (Lipinski definition) is 2. The number of piperidine rings is 1. The van der Waals surface area contributed by atoms with E-state index in [1.165, 1.54) is 12.4 Å². The topological polar surface area (TPSA) is 92.1 Å². The van der Waals surface area contributed by atoms with Crippen molar-refractivity contribution in [2.45, 2.75) is 23.8 Å². The highest BCUT2D eigenvalue weighted by molar-refractivity contribution is 7.89. The van der Waals surface area contributed by atoms with Crippen LogP contribution in [0.15, 0.2) is 17.3 Å². The number of rotatable bonds is 2. The molecule has 0 aromatic carbocycles. The van der Waals surface area contributed by atoms with Crippen molar-refractivity contribution >= 4 is 10.0 Å². The summed E-state index contributed by atoms with van der Waals surface area (Å²) in [5.74, 6) is 0.630. The van der Waals surface area contributed by atoms with Crippen molar-refractivity contribution in [3.63, 3.8) is 0 Å². The minimum absolute atomic E-state index is 0.172. The van der Waals surface area contributed by atoms with Gasteiger partial charge in [0.2, 0.25) is 10.0 Å². The molecule has 94 valence electrons. The van der Waals surface area contributed by atoms with Gasteiger partial charge < -0.3 is 5.73 Å². The Hall–Kier alpha value is -0.920. The number of hydrogen-bond acceptors (Lipinski definition) is 4. The van der Waals surface area contributed by atoms with Gasteiger partial charge in [0.15, 0.2) is 0 Å². The molecule has 1 saturated carbocycles. The highest BCUT2D eigenvalue weighted by Gasteiger charge is 2.43. The second-order valence-corrected chi connectivity index (χ2v) is 6.87. The Morgan fingerprint density at radius 1 is 1.35 bits per heavy atom. The molecule has 1 aromatic rings. The Bertz CT molecular complexity index is 484. The molecule has 3 rings (SSSR count). The lowest BCUT2D eigenvalue weighted by Crippen LogP contribution is -2.50. The summed E-state index contributed by atoms with van der Waals surface area (Å²) in [6.45, 7) is 1.09. The molecule has 2 fully saturated rings. The van der Waals surface area contributed by atoms with E-state index in [1.54, 1.807) is 4.31 Å². The fraction of sp³-hybridized carbons (Fsp3) is 0.700. The highest BCUT2D eigenvalue weighted by atomic mass is 32.2. The molecule has 0 radical (unpaired) electrons. The van der Waals surface area contributed by atoms with Crippen molar-refractivity contribution in [1.29, 1.82) is 0 Å². The monoisotopic (exact) mass is 256 g/mol. The van der Waals surface area contributed by atoms with Crippen LogP contribution in [0.3, 0.4) is 0 Å². The predicted molar refractivity (Wildman–Crippen MR) is 61.5 cm³/mol. The van der Waals surface area contributed by atoms with E-state index in [4.69, 9.17) is 5.73 Å². The van der Waals surface area contributed by atoms with Gasteiger partial charge in [0.1, 0.15) is 4.90 Å². The SMILES string of the molecule is NC1[C@@H]2CC[C@H]1CN(S(=O)(=O)c1cn[nH]c1)C2. The molecule has 2 heterocycles. The number of nitrogens with zero attached hydrogens (tertiary/aromatic N) is 2. The van der Waals surface area contributed by atoms with Crippen LogP contribution in [0.4, 0.5) is 0 Å². The molecule has 1 saturated heterocycles. The third-order valence-corrected chi connectivity index (χ3v) is 5.78. The lowest BCUT2D eigenvalue weighted by molar-refractivity contribution is 0.228. The van der Waals surface area contributed by atoms with Crippen molar-refractivity contribution < 1.29 is 8.42 Å². The summed E-state index contributed by atoms with van der Waals surface area (Å²) >= 11 is 0. The van der Waals surface area contributed by atoms with Crippen LogP contribution in [0, 0.1) is 11.8 Å². The summed E-state index contributed by atoms with van der Waals surface area (Å²) in [6.07, 6.45) is 4.87. The summed E-state index contributed by atoms with van der Waals surface area (Å²) in [6, 6.07) is 0.172. The Morgan fingerprint density at radius 3 is 2.53 bits per heavy atom. The molecule has 3 atom stereocenters. The van der Waals surface area contributed by atoms with Gasteiger partial charge in [-0.2, -0.15) is 9.40 Å². The summed E-state index contributed by atoms with van der Waals surface area (Å²) in [5, 5.41) is 6.24. The predicted octanol–water partition coefficient (Wildman–Crippen LogP) is -0.233. The van der Waals surface area contributed by atoms with Gasteiger partial charge >= 0.3 is 0 Å². The first-order chi connectivity index (χ1) is 8.09. The first-order valence-corrected chi connectivity index (χ1v) is 7.27. The zero-order valence-electron chi connectivity index (χ0n) is 9.41. The van der Waals surface area contributed by atoms with E-state index < -0.39 is 10.0 Å². The molecule has 6 nitrogen and oxygen atoms in total. The molecule has 1 aliphatic heterocycles. The third kappa shape index (κ3) is 1.69. The number of H-pyrrole nitrogens is 1. The van der Waals surface area contributed by atoms with Crippen LogP contribution in [-0.2, 0) is 10.0 Å². The molecule has 2 bridgehead atoms. The van der Waals surface area contributed by atoms with Crippen molar-refractivity contribution in [3.8, 4) is 0 Å². The Morgan fingerprint density at radius 2 is 2.00 bits per heavy atom. The number of fused-ring (bicyclic) bond motifs is 2. The van der Waals surface area contributed by atoms with Gasteiger partial charge in [-0.1, -0.05) is 0 Å². The van der Waals surface area contributed by atoms with Gasteiger partial charge in [-0.05, 0) is 24.7 Å². The minimum Gasteiger partial charge on any atom is -0.327 e. The molecule has 1 aliphatic carbocycles. The first kappa shape index (κ1) is 11.2. The molecule has 7 heteroatoms. The van der Waals surface area contributed by atoms with E-state index in [1.807, 2.05) is 0 Å². The van der Waals surface area contributed by atoms with Crippen LogP contribution in [0.1, 0.15) is 12.8 Å². The van der Waals surface area contributed by atoms with Gasteiger partial charge in [0.05, 0.1) is 6.20 Å². The van der Waals surface area contributed by atoms with Crippen molar-refractivity contribution in [1.82, 2.24) is 14.5 Å². The smallest absolute Gasteiger partial charge is 0.246 e. The van der Waals surface area contributed by atoms with Crippen molar-refractivity contribution in [2.75, 3.05) is 13.1 Å². The minimum atomic E-state index is -3.38. The van der Waals surface area contributed by atoms with Crippen molar-refractivity contribution in [3.05, 3.63) is 12.4 Å². The standard InChI is InChI=1S/C10H16N4O2S/c11-10-7-1-2-8(10)6-14(5-7)17(15,16)9-3-12-13-4-9/h3-4,7-8,10H,1-2,5-6,11H2,(H,12,13)/t7-,8+,10?. The quantitative estimate of drug-likeness (QED) is 0.764. The molecule has 1 aromatic heterocycles. The number of nitrogens with one attached hydrogen (secondary N) is 1. The molecule has 0 spiro atoms. The first-order valence-electron chi connectivity index (χ1n) is 5.83. The second-order valence-electron chi connectivity index (χ2n) is 4.93. The maximum Gasteiger partial charge on any atom is 0.246 e. The lowest BCUT2D eigenvalue weighted by atomic mass is 9.95. The number of sulfonamides is 1. The Kier molecular flexibility index (Phi) is 2.49. The van der Waals surface area contributed by atoms with E-state index in [2.05, 4.69) is 10.2 Å². The van der Waals surface area contributed by atoms with Crippen LogP contribution in [-0.4, -0.2) is 42.1 Å². The molecular formula is C10H16N4O2S. The van der Waals surface area contributed by atoms with Gasteiger partial charge in [-0.15, -0.1) is 0 Å². The maximum atomic E-state index is 12.3. The fourth-order valence-corrected chi connectivity index (χ4v) is 4.41.